The van der Waals surface area contributed by atoms with Crippen LogP contribution < -0.4 is 5.73 Å². The van der Waals surface area contributed by atoms with Gasteiger partial charge in [0.2, 0.25) is 0 Å². The Morgan fingerprint density at radius 2 is 1.80 bits per heavy atom. The molecule has 0 aliphatic heterocycles. The van der Waals surface area contributed by atoms with Crippen LogP contribution in [0.4, 0.5) is 0 Å². The van der Waals surface area contributed by atoms with E-state index in [0.29, 0.717) is 23.2 Å². The number of benzene rings is 1. The highest BCUT2D eigenvalue weighted by atomic mass is 32.1. The normalized spacial score (nSPS) is 16.7. The molecule has 0 saturated heterocycles. The van der Waals surface area contributed by atoms with Crippen LogP contribution in [-0.2, 0) is 5.54 Å². The Bertz CT molecular complexity index is 1010. The van der Waals surface area contributed by atoms with Gasteiger partial charge in [-0.3, -0.25) is 0 Å². The third-order valence-corrected chi connectivity index (χ3v) is 5.74. The maximum absolute atomic E-state index is 6.39. The van der Waals surface area contributed by atoms with Crippen LogP contribution in [0.3, 0.4) is 0 Å². The molecule has 0 radical (unpaired) electrons. The van der Waals surface area contributed by atoms with Crippen molar-refractivity contribution in [3.63, 3.8) is 0 Å². The zero-order chi connectivity index (χ0) is 16.9. The molecule has 2 N–H and O–H groups in total. The van der Waals surface area contributed by atoms with E-state index in [1.54, 1.807) is 11.3 Å². The van der Waals surface area contributed by atoms with Gasteiger partial charge in [0.15, 0.2) is 22.4 Å². The highest BCUT2D eigenvalue weighted by Gasteiger charge is 2.36. The van der Waals surface area contributed by atoms with Crippen LogP contribution in [0.5, 0.6) is 0 Å². The molecular weight excluding hydrogens is 336 g/mol. The summed E-state index contributed by atoms with van der Waals surface area (Å²) in [7, 11) is 0. The van der Waals surface area contributed by atoms with Crippen molar-refractivity contribution in [2.75, 3.05) is 0 Å². The average Bonchev–Trinajstić information content (AvgIpc) is 3.38. The monoisotopic (exact) mass is 352 g/mol. The third-order valence-electron chi connectivity index (χ3n) is 4.69. The van der Waals surface area contributed by atoms with Gasteiger partial charge in [-0.1, -0.05) is 30.1 Å². The lowest BCUT2D eigenvalue weighted by atomic mass is 9.99. The van der Waals surface area contributed by atoms with Crippen molar-refractivity contribution < 1.29 is 8.94 Å². The fraction of sp³-hybridized carbons (Fsp3) is 0.278. The van der Waals surface area contributed by atoms with Crippen LogP contribution in [0, 0.1) is 0 Å². The van der Waals surface area contributed by atoms with Crippen LogP contribution in [-0.4, -0.2) is 15.1 Å². The van der Waals surface area contributed by atoms with Gasteiger partial charge in [0.1, 0.15) is 0 Å². The number of nitrogens with two attached hydrogens (primary N) is 1. The van der Waals surface area contributed by atoms with Gasteiger partial charge >= 0.3 is 0 Å². The van der Waals surface area contributed by atoms with Crippen LogP contribution >= 0.6 is 11.3 Å². The van der Waals surface area contributed by atoms with E-state index in [-0.39, 0.29) is 0 Å². The van der Waals surface area contributed by atoms with E-state index >= 15 is 0 Å². The van der Waals surface area contributed by atoms with Crippen LogP contribution in [0.15, 0.2) is 45.3 Å². The van der Waals surface area contributed by atoms with Crippen LogP contribution in [0.2, 0.25) is 0 Å². The molecule has 0 spiro atoms. The summed E-state index contributed by atoms with van der Waals surface area (Å²) in [6.07, 6.45) is 3.98. The summed E-state index contributed by atoms with van der Waals surface area (Å²) in [6, 6.07) is 11.7. The number of hydrogen-bond acceptors (Lipinski definition) is 7. The lowest BCUT2D eigenvalue weighted by Crippen LogP contribution is -2.34. The highest BCUT2D eigenvalue weighted by molar-refractivity contribution is 7.21. The average molecular weight is 352 g/mol. The van der Waals surface area contributed by atoms with Crippen molar-refractivity contribution in [2.24, 2.45) is 5.73 Å². The number of para-hydroxylation sites is 1. The summed E-state index contributed by atoms with van der Waals surface area (Å²) in [5.74, 6) is 2.16. The molecular formula is C18H16N4O2S. The lowest BCUT2D eigenvalue weighted by molar-refractivity contribution is 0.368. The number of nitrogens with zero attached hydrogens (tertiary/aromatic N) is 3. The Hall–Kier alpha value is -2.51. The molecule has 126 valence electrons. The van der Waals surface area contributed by atoms with E-state index in [4.69, 9.17) is 14.7 Å². The molecule has 0 amide bonds. The number of thiazole rings is 1. The molecule has 1 aliphatic rings. The summed E-state index contributed by atoms with van der Waals surface area (Å²) < 4.78 is 12.4. The van der Waals surface area contributed by atoms with Crippen LogP contribution in [0.1, 0.15) is 31.5 Å². The molecule has 1 aromatic carbocycles. The maximum Gasteiger partial charge on any atom is 0.293 e. The van der Waals surface area contributed by atoms with Gasteiger partial charge in [-0.15, -0.1) is 11.3 Å². The molecule has 0 atom stereocenters. The second-order valence-corrected chi connectivity index (χ2v) is 7.47. The lowest BCUT2D eigenvalue weighted by Gasteiger charge is -2.17. The first kappa shape index (κ1) is 14.8. The number of furan rings is 1. The largest absolute Gasteiger partial charge is 0.448 e. The van der Waals surface area contributed by atoms with Gasteiger partial charge in [-0.2, -0.15) is 4.98 Å². The molecule has 3 aromatic heterocycles. The van der Waals surface area contributed by atoms with Gasteiger partial charge in [-0.05, 0) is 37.1 Å². The smallest absolute Gasteiger partial charge is 0.293 e. The number of aromatic nitrogens is 3. The van der Waals surface area contributed by atoms with E-state index in [1.807, 2.05) is 36.4 Å². The van der Waals surface area contributed by atoms with Crippen molar-refractivity contribution in [3.05, 3.63) is 42.2 Å². The van der Waals surface area contributed by atoms with Crippen molar-refractivity contribution in [1.29, 1.82) is 0 Å². The molecule has 1 saturated carbocycles. The minimum absolute atomic E-state index is 0.360. The third kappa shape index (κ3) is 2.47. The molecule has 6 nitrogen and oxygen atoms in total. The maximum atomic E-state index is 6.39. The Balaban J connectivity index is 1.47. The SMILES string of the molecule is NC1(c2noc(-c3ccc(-c4nc5ccccc5s4)o3)n2)CCCC1. The molecule has 5 rings (SSSR count). The van der Waals surface area contributed by atoms with Crippen molar-refractivity contribution >= 4 is 21.6 Å². The van der Waals surface area contributed by atoms with Crippen LogP contribution in [0.25, 0.3) is 32.6 Å². The van der Waals surface area contributed by atoms with E-state index in [1.165, 1.54) is 0 Å². The molecule has 4 aromatic rings. The molecule has 0 bridgehead atoms. The summed E-state index contributed by atoms with van der Waals surface area (Å²) in [5, 5.41) is 4.91. The van der Waals surface area contributed by atoms with E-state index in [0.717, 1.165) is 40.9 Å². The van der Waals surface area contributed by atoms with Gasteiger partial charge in [-0.25, -0.2) is 4.98 Å². The Labute approximate surface area is 147 Å². The molecule has 3 heterocycles. The number of hydrogen-bond donors (Lipinski definition) is 1. The van der Waals surface area contributed by atoms with Gasteiger partial charge < -0.3 is 14.7 Å². The molecule has 7 heteroatoms. The second kappa shape index (κ2) is 5.50. The standard InChI is InChI=1S/C18H16N4O2S/c19-18(9-3-4-10-18)17-21-15(24-22-17)12-7-8-13(23-12)16-20-11-5-1-2-6-14(11)25-16/h1-2,5-8H,3-4,9-10,19H2. The first-order valence-corrected chi connectivity index (χ1v) is 9.12. The minimum atomic E-state index is -0.468. The van der Waals surface area contributed by atoms with Crippen molar-refractivity contribution in [2.45, 2.75) is 31.2 Å². The summed E-state index contributed by atoms with van der Waals surface area (Å²) in [6.45, 7) is 0. The summed E-state index contributed by atoms with van der Waals surface area (Å²) >= 11 is 1.59. The molecule has 0 unspecified atom stereocenters. The fourth-order valence-electron chi connectivity index (χ4n) is 3.30. The van der Waals surface area contributed by atoms with Crippen molar-refractivity contribution in [3.8, 4) is 22.4 Å². The topological polar surface area (TPSA) is 91.0 Å². The molecule has 1 aliphatic carbocycles. The predicted molar refractivity (Wildman–Crippen MR) is 94.9 cm³/mol. The Kier molecular flexibility index (Phi) is 3.26. The van der Waals surface area contributed by atoms with Gasteiger partial charge in [0, 0.05) is 0 Å². The first-order chi connectivity index (χ1) is 12.2. The summed E-state index contributed by atoms with van der Waals surface area (Å²) in [5.41, 5.74) is 6.88. The number of fused-ring (bicyclic) bond motifs is 1. The zero-order valence-corrected chi connectivity index (χ0v) is 14.3. The predicted octanol–water partition coefficient (Wildman–Crippen LogP) is 4.33. The second-order valence-electron chi connectivity index (χ2n) is 6.44. The Morgan fingerprint density at radius 3 is 2.64 bits per heavy atom. The van der Waals surface area contributed by atoms with E-state index < -0.39 is 5.54 Å². The molecule has 25 heavy (non-hydrogen) atoms. The van der Waals surface area contributed by atoms with Gasteiger partial charge in [0.05, 0.1) is 15.8 Å². The number of rotatable bonds is 3. The van der Waals surface area contributed by atoms with Crippen molar-refractivity contribution in [1.82, 2.24) is 15.1 Å². The van der Waals surface area contributed by atoms with E-state index in [2.05, 4.69) is 15.1 Å². The zero-order valence-electron chi connectivity index (χ0n) is 13.4. The summed E-state index contributed by atoms with van der Waals surface area (Å²) in [4.78, 5) is 9.08. The van der Waals surface area contributed by atoms with Gasteiger partial charge in [0.25, 0.3) is 5.89 Å². The Morgan fingerprint density at radius 1 is 1.00 bits per heavy atom. The highest BCUT2D eigenvalue weighted by Crippen LogP contribution is 2.37. The molecule has 1 fully saturated rings. The minimum Gasteiger partial charge on any atom is -0.448 e. The fourth-order valence-corrected chi connectivity index (χ4v) is 4.23. The van der Waals surface area contributed by atoms with E-state index in [9.17, 15) is 0 Å². The first-order valence-electron chi connectivity index (χ1n) is 8.31. The quantitative estimate of drug-likeness (QED) is 0.590.